The summed E-state index contributed by atoms with van der Waals surface area (Å²) in [6.45, 7) is 7.15. The first-order valence-electron chi connectivity index (χ1n) is 7.04. The smallest absolute Gasteiger partial charge is 0.214 e. The zero-order valence-corrected chi connectivity index (χ0v) is 13.7. The Hall–Kier alpha value is -0.850. The van der Waals surface area contributed by atoms with Gasteiger partial charge in [0.1, 0.15) is 11.5 Å². The van der Waals surface area contributed by atoms with Crippen molar-refractivity contribution in [3.63, 3.8) is 0 Å². The minimum absolute atomic E-state index is 0.183. The zero-order valence-electron chi connectivity index (χ0n) is 12.8. The van der Waals surface area contributed by atoms with Crippen LogP contribution in [-0.4, -0.2) is 38.1 Å². The summed E-state index contributed by atoms with van der Waals surface area (Å²) in [5, 5.41) is 3.28. The summed E-state index contributed by atoms with van der Waals surface area (Å²) in [7, 11) is -1.61. The van der Waals surface area contributed by atoms with E-state index in [0.29, 0.717) is 24.8 Å². The lowest BCUT2D eigenvalue weighted by molar-refractivity contribution is 0.396. The number of nitrogens with zero attached hydrogens (tertiary/aromatic N) is 1. The third kappa shape index (κ3) is 6.07. The Bertz CT molecular complexity index is 494. The van der Waals surface area contributed by atoms with E-state index in [4.69, 9.17) is 4.42 Å². The first kappa shape index (κ1) is 17.2. The van der Waals surface area contributed by atoms with Crippen molar-refractivity contribution in [2.75, 3.05) is 19.3 Å². The number of furan rings is 1. The van der Waals surface area contributed by atoms with E-state index < -0.39 is 10.0 Å². The lowest BCUT2D eigenvalue weighted by atomic mass is 10.3. The largest absolute Gasteiger partial charge is 0.465 e. The van der Waals surface area contributed by atoms with Crippen LogP contribution in [-0.2, 0) is 16.6 Å². The van der Waals surface area contributed by atoms with Crippen LogP contribution in [0, 0.1) is 6.92 Å². The van der Waals surface area contributed by atoms with Crippen molar-refractivity contribution < 1.29 is 12.8 Å². The molecule has 0 saturated heterocycles. The predicted octanol–water partition coefficient (Wildman–Crippen LogP) is 2.13. The first-order valence-corrected chi connectivity index (χ1v) is 8.65. The van der Waals surface area contributed by atoms with Gasteiger partial charge in [0.05, 0.1) is 12.3 Å². The Labute approximate surface area is 122 Å². The second kappa shape index (κ2) is 7.81. The highest BCUT2D eigenvalue weighted by Gasteiger charge is 2.18. The number of nitrogens with one attached hydrogen (secondary N) is 1. The molecule has 5 nitrogen and oxygen atoms in total. The van der Waals surface area contributed by atoms with Crippen molar-refractivity contribution >= 4 is 10.0 Å². The summed E-state index contributed by atoms with van der Waals surface area (Å²) in [4.78, 5) is 0. The van der Waals surface area contributed by atoms with Gasteiger partial charge in [0.25, 0.3) is 0 Å². The van der Waals surface area contributed by atoms with E-state index in [9.17, 15) is 8.42 Å². The van der Waals surface area contributed by atoms with Crippen LogP contribution in [0.25, 0.3) is 0 Å². The topological polar surface area (TPSA) is 62.6 Å². The molecule has 1 heterocycles. The van der Waals surface area contributed by atoms with Crippen LogP contribution < -0.4 is 5.32 Å². The van der Waals surface area contributed by atoms with Gasteiger partial charge < -0.3 is 9.73 Å². The van der Waals surface area contributed by atoms with Crippen molar-refractivity contribution in [2.45, 2.75) is 46.2 Å². The zero-order chi connectivity index (χ0) is 15.2. The average Bonchev–Trinajstić information content (AvgIpc) is 2.73. The fourth-order valence-corrected chi connectivity index (χ4v) is 3.05. The molecule has 1 N–H and O–H groups in total. The van der Waals surface area contributed by atoms with Crippen LogP contribution in [0.3, 0.4) is 0 Å². The van der Waals surface area contributed by atoms with Crippen LogP contribution in [0.2, 0.25) is 0 Å². The minimum Gasteiger partial charge on any atom is -0.465 e. The van der Waals surface area contributed by atoms with Crippen molar-refractivity contribution in [1.82, 2.24) is 9.62 Å². The summed E-state index contributed by atoms with van der Waals surface area (Å²) >= 11 is 0. The number of hydrogen-bond acceptors (Lipinski definition) is 4. The normalized spacial score (nSPS) is 12.5. The third-order valence-corrected chi connectivity index (χ3v) is 4.91. The molecule has 0 aliphatic rings. The molecule has 0 spiro atoms. The molecule has 0 unspecified atom stereocenters. The SMILES string of the molecule is Cc1ccc(CN(C)S(=O)(=O)CCCCNC(C)C)o1. The van der Waals surface area contributed by atoms with Crippen LogP contribution in [0.15, 0.2) is 16.5 Å². The van der Waals surface area contributed by atoms with Crippen LogP contribution in [0.1, 0.15) is 38.2 Å². The molecule has 1 aromatic heterocycles. The van der Waals surface area contributed by atoms with E-state index in [1.807, 2.05) is 19.1 Å². The maximum absolute atomic E-state index is 12.1. The fraction of sp³-hybridized carbons (Fsp3) is 0.714. The molecule has 116 valence electrons. The fourth-order valence-electron chi connectivity index (χ4n) is 1.84. The molecule has 0 saturated carbocycles. The molecular formula is C14H26N2O3S. The van der Waals surface area contributed by atoms with Crippen molar-refractivity contribution in [3.05, 3.63) is 23.7 Å². The maximum Gasteiger partial charge on any atom is 0.214 e. The monoisotopic (exact) mass is 302 g/mol. The van der Waals surface area contributed by atoms with Gasteiger partial charge in [-0.25, -0.2) is 8.42 Å². The summed E-state index contributed by atoms with van der Waals surface area (Å²) in [5.74, 6) is 1.66. The number of aryl methyl sites for hydroxylation is 1. The van der Waals surface area contributed by atoms with Gasteiger partial charge in [0.15, 0.2) is 0 Å². The van der Waals surface area contributed by atoms with Gasteiger partial charge in [-0.1, -0.05) is 13.8 Å². The Morgan fingerprint density at radius 2 is 2.00 bits per heavy atom. The van der Waals surface area contributed by atoms with E-state index in [-0.39, 0.29) is 5.75 Å². The van der Waals surface area contributed by atoms with Gasteiger partial charge >= 0.3 is 0 Å². The Morgan fingerprint density at radius 1 is 1.30 bits per heavy atom. The Balaban J connectivity index is 2.35. The molecule has 1 aromatic rings. The lowest BCUT2D eigenvalue weighted by Crippen LogP contribution is -2.29. The van der Waals surface area contributed by atoms with Gasteiger partial charge in [-0.15, -0.1) is 0 Å². The molecule has 0 aromatic carbocycles. The maximum atomic E-state index is 12.1. The standard InChI is InChI=1S/C14H26N2O3S/c1-12(2)15-9-5-6-10-20(17,18)16(4)11-14-8-7-13(3)19-14/h7-8,12,15H,5-6,9-11H2,1-4H3. The van der Waals surface area contributed by atoms with Gasteiger partial charge in [-0.05, 0) is 38.4 Å². The highest BCUT2D eigenvalue weighted by molar-refractivity contribution is 7.89. The van der Waals surface area contributed by atoms with E-state index in [1.165, 1.54) is 4.31 Å². The summed E-state index contributed by atoms with van der Waals surface area (Å²) < 4.78 is 31.0. The van der Waals surface area contributed by atoms with Crippen molar-refractivity contribution in [3.8, 4) is 0 Å². The highest BCUT2D eigenvalue weighted by atomic mass is 32.2. The molecule has 0 bridgehead atoms. The molecule has 6 heteroatoms. The Morgan fingerprint density at radius 3 is 2.55 bits per heavy atom. The lowest BCUT2D eigenvalue weighted by Gasteiger charge is -2.16. The minimum atomic E-state index is -3.20. The number of unbranched alkanes of at least 4 members (excludes halogenated alkanes) is 1. The molecule has 0 fully saturated rings. The van der Waals surface area contributed by atoms with E-state index in [0.717, 1.165) is 18.7 Å². The third-order valence-electron chi connectivity index (χ3n) is 3.03. The van der Waals surface area contributed by atoms with Crippen molar-refractivity contribution in [2.24, 2.45) is 0 Å². The van der Waals surface area contributed by atoms with E-state index in [2.05, 4.69) is 19.2 Å². The number of sulfonamides is 1. The summed E-state index contributed by atoms with van der Waals surface area (Å²) in [6.07, 6.45) is 1.54. The Kier molecular flexibility index (Phi) is 6.71. The number of rotatable bonds is 9. The predicted molar refractivity (Wildman–Crippen MR) is 81.1 cm³/mol. The van der Waals surface area contributed by atoms with E-state index in [1.54, 1.807) is 7.05 Å². The highest BCUT2D eigenvalue weighted by Crippen LogP contribution is 2.12. The molecule has 0 amide bonds. The average molecular weight is 302 g/mol. The van der Waals surface area contributed by atoms with Gasteiger partial charge in [0, 0.05) is 13.1 Å². The number of hydrogen-bond donors (Lipinski definition) is 1. The summed E-state index contributed by atoms with van der Waals surface area (Å²) in [5.41, 5.74) is 0. The second-order valence-electron chi connectivity index (χ2n) is 5.40. The first-order chi connectivity index (χ1) is 9.31. The van der Waals surface area contributed by atoms with Crippen LogP contribution in [0.5, 0.6) is 0 Å². The molecule has 0 aliphatic heterocycles. The molecule has 1 rings (SSSR count). The van der Waals surface area contributed by atoms with Crippen molar-refractivity contribution in [1.29, 1.82) is 0 Å². The molecule has 0 aliphatic carbocycles. The van der Waals surface area contributed by atoms with Gasteiger partial charge in [0.2, 0.25) is 10.0 Å². The van der Waals surface area contributed by atoms with Crippen LogP contribution in [0.4, 0.5) is 0 Å². The molecule has 0 atom stereocenters. The van der Waals surface area contributed by atoms with Gasteiger partial charge in [-0.2, -0.15) is 4.31 Å². The molecule has 0 radical (unpaired) electrons. The molecule has 20 heavy (non-hydrogen) atoms. The second-order valence-corrected chi connectivity index (χ2v) is 7.60. The van der Waals surface area contributed by atoms with E-state index >= 15 is 0 Å². The quantitative estimate of drug-likeness (QED) is 0.710. The molecular weight excluding hydrogens is 276 g/mol. The van der Waals surface area contributed by atoms with Crippen LogP contribution >= 0.6 is 0 Å². The van der Waals surface area contributed by atoms with Gasteiger partial charge in [-0.3, -0.25) is 0 Å². The summed E-state index contributed by atoms with van der Waals surface area (Å²) in [6, 6.07) is 4.10.